The molecule has 8 rings (SSSR count). The Kier molecular flexibility index (Phi) is 3.97. The van der Waals surface area contributed by atoms with Crippen molar-refractivity contribution in [1.29, 1.82) is 0 Å². The van der Waals surface area contributed by atoms with Crippen LogP contribution in [0.1, 0.15) is 0 Å². The first-order chi connectivity index (χ1) is 17.8. The molecule has 0 unspecified atom stereocenters. The first-order valence-corrected chi connectivity index (χ1v) is 12.3. The molecule has 0 N–H and O–H groups in total. The summed E-state index contributed by atoms with van der Waals surface area (Å²) in [6, 6.07) is 43.3. The molecule has 7 aromatic carbocycles. The van der Waals surface area contributed by atoms with Crippen LogP contribution < -0.4 is 0 Å². The average Bonchev–Trinajstić information content (AvgIpc) is 2.94. The van der Waals surface area contributed by atoms with Crippen molar-refractivity contribution in [1.82, 2.24) is 9.97 Å². The highest BCUT2D eigenvalue weighted by Crippen LogP contribution is 2.40. The number of aromatic nitrogens is 2. The second-order valence-electron chi connectivity index (χ2n) is 9.47. The fourth-order valence-electron chi connectivity index (χ4n) is 5.65. The Labute approximate surface area is 207 Å². The Morgan fingerprint density at radius 1 is 0.361 bits per heavy atom. The summed E-state index contributed by atoms with van der Waals surface area (Å²) in [5, 5.41) is 7.87. The summed E-state index contributed by atoms with van der Waals surface area (Å²) < 4.78 is 0. The van der Waals surface area contributed by atoms with Gasteiger partial charge in [0.2, 0.25) is 0 Å². The van der Waals surface area contributed by atoms with E-state index >= 15 is 0 Å². The van der Waals surface area contributed by atoms with E-state index < -0.39 is 0 Å². The van der Waals surface area contributed by atoms with Gasteiger partial charge in [-0.3, -0.25) is 0 Å². The van der Waals surface area contributed by atoms with Gasteiger partial charge in [-0.1, -0.05) is 91.0 Å². The van der Waals surface area contributed by atoms with Crippen molar-refractivity contribution < 1.29 is 0 Å². The van der Waals surface area contributed by atoms with Gasteiger partial charge < -0.3 is 0 Å². The molecule has 0 aliphatic rings. The highest BCUT2D eigenvalue weighted by molar-refractivity contribution is 6.25. The van der Waals surface area contributed by atoms with Crippen molar-refractivity contribution in [3.05, 3.63) is 121 Å². The minimum atomic E-state index is 0.916. The van der Waals surface area contributed by atoms with Crippen LogP contribution in [0.3, 0.4) is 0 Å². The Hall–Kier alpha value is -4.82. The Morgan fingerprint density at radius 2 is 0.972 bits per heavy atom. The molecule has 0 radical (unpaired) electrons. The smallest absolute Gasteiger partial charge is 0.0900 e. The number of nitrogens with zero attached hydrogens (tertiary/aromatic N) is 2. The fraction of sp³-hybridized carbons (Fsp3) is 0. The van der Waals surface area contributed by atoms with E-state index in [2.05, 4.69) is 97.1 Å². The molecular formula is C34H20N2. The molecule has 0 atom stereocenters. The number of hydrogen-bond acceptors (Lipinski definition) is 2. The zero-order valence-electron chi connectivity index (χ0n) is 19.4. The topological polar surface area (TPSA) is 25.8 Å². The molecule has 0 spiro atoms. The maximum Gasteiger partial charge on any atom is 0.0900 e. The molecule has 0 saturated carbocycles. The lowest BCUT2D eigenvalue weighted by Crippen LogP contribution is -1.89. The Balaban J connectivity index is 1.31. The van der Waals surface area contributed by atoms with E-state index in [9.17, 15) is 0 Å². The van der Waals surface area contributed by atoms with E-state index in [1.54, 1.807) is 0 Å². The third kappa shape index (κ3) is 2.85. The zero-order valence-corrected chi connectivity index (χ0v) is 19.4. The highest BCUT2D eigenvalue weighted by Gasteiger charge is 2.12. The molecule has 0 saturated heterocycles. The monoisotopic (exact) mass is 456 g/mol. The first-order valence-electron chi connectivity index (χ1n) is 12.3. The summed E-state index contributed by atoms with van der Waals surface area (Å²) in [7, 11) is 0. The quantitative estimate of drug-likeness (QED) is 0.192. The molecule has 2 nitrogen and oxygen atoms in total. The molecule has 166 valence electrons. The third-order valence-corrected chi connectivity index (χ3v) is 7.37. The van der Waals surface area contributed by atoms with Crippen LogP contribution in [0.15, 0.2) is 121 Å². The molecule has 1 heterocycles. The summed E-state index contributed by atoms with van der Waals surface area (Å²) >= 11 is 0. The minimum absolute atomic E-state index is 0.916. The van der Waals surface area contributed by atoms with Gasteiger partial charge >= 0.3 is 0 Å². The average molecular weight is 457 g/mol. The van der Waals surface area contributed by atoms with Gasteiger partial charge in [0.05, 0.1) is 22.1 Å². The highest BCUT2D eigenvalue weighted by atomic mass is 14.8. The van der Waals surface area contributed by atoms with E-state index in [1.165, 1.54) is 49.0 Å². The van der Waals surface area contributed by atoms with Crippen LogP contribution in [0.5, 0.6) is 0 Å². The van der Waals surface area contributed by atoms with Crippen molar-refractivity contribution in [3.8, 4) is 22.3 Å². The lowest BCUT2D eigenvalue weighted by molar-refractivity contribution is 1.39. The second-order valence-corrected chi connectivity index (χ2v) is 9.47. The maximum absolute atomic E-state index is 4.87. The predicted molar refractivity (Wildman–Crippen MR) is 152 cm³/mol. The standard InChI is InChI=1S/C34H20N2/c1-2-10-30-29(9-1)35-31-18-15-25(20-32(31)36-30)24-7-4-8-26(19-24)27-16-13-23-12-11-21-5-3-6-22-14-17-28(27)34(23)33(21)22/h1-20H. The van der Waals surface area contributed by atoms with Gasteiger partial charge in [0.1, 0.15) is 0 Å². The summed E-state index contributed by atoms with van der Waals surface area (Å²) in [5.41, 5.74) is 8.48. The van der Waals surface area contributed by atoms with Crippen LogP contribution in [0, 0.1) is 0 Å². The lowest BCUT2D eigenvalue weighted by atomic mass is 9.89. The van der Waals surface area contributed by atoms with Gasteiger partial charge in [0, 0.05) is 0 Å². The van der Waals surface area contributed by atoms with Gasteiger partial charge in [-0.15, -0.1) is 0 Å². The van der Waals surface area contributed by atoms with Crippen LogP contribution in [0.25, 0.3) is 76.6 Å². The molecule has 36 heavy (non-hydrogen) atoms. The maximum atomic E-state index is 4.87. The summed E-state index contributed by atoms with van der Waals surface area (Å²) in [4.78, 5) is 9.66. The second kappa shape index (κ2) is 7.34. The SMILES string of the molecule is c1cc(-c2ccc3nc4ccccc4nc3c2)cc(-c2ccc3ccc4cccc5ccc2c3c45)c1. The number of fused-ring (bicyclic) bond motifs is 2. The summed E-state index contributed by atoms with van der Waals surface area (Å²) in [5.74, 6) is 0. The first kappa shape index (κ1) is 19.5. The van der Waals surface area contributed by atoms with Gasteiger partial charge in [-0.05, 0) is 84.9 Å². The Bertz CT molecular complexity index is 2090. The van der Waals surface area contributed by atoms with Crippen molar-refractivity contribution in [2.45, 2.75) is 0 Å². The number of benzene rings is 7. The van der Waals surface area contributed by atoms with Crippen molar-refractivity contribution in [2.24, 2.45) is 0 Å². The van der Waals surface area contributed by atoms with Crippen LogP contribution in [0.4, 0.5) is 0 Å². The van der Waals surface area contributed by atoms with Crippen molar-refractivity contribution >= 4 is 54.4 Å². The van der Waals surface area contributed by atoms with E-state index in [-0.39, 0.29) is 0 Å². The van der Waals surface area contributed by atoms with E-state index in [4.69, 9.17) is 9.97 Å². The van der Waals surface area contributed by atoms with E-state index in [0.717, 1.165) is 27.6 Å². The van der Waals surface area contributed by atoms with Crippen LogP contribution >= 0.6 is 0 Å². The molecule has 0 aliphatic carbocycles. The molecule has 8 aromatic rings. The summed E-state index contributed by atoms with van der Waals surface area (Å²) in [6.07, 6.45) is 0. The molecular weight excluding hydrogens is 436 g/mol. The predicted octanol–water partition coefficient (Wildman–Crippen LogP) is 9.01. The van der Waals surface area contributed by atoms with Crippen LogP contribution in [0.2, 0.25) is 0 Å². The molecule has 0 bridgehead atoms. The number of hydrogen-bond donors (Lipinski definition) is 0. The fourth-order valence-corrected chi connectivity index (χ4v) is 5.65. The van der Waals surface area contributed by atoms with Crippen molar-refractivity contribution in [2.75, 3.05) is 0 Å². The van der Waals surface area contributed by atoms with E-state index in [1.807, 2.05) is 24.3 Å². The molecule has 2 heteroatoms. The number of rotatable bonds is 2. The van der Waals surface area contributed by atoms with Gasteiger partial charge in [-0.2, -0.15) is 0 Å². The van der Waals surface area contributed by atoms with Crippen molar-refractivity contribution in [3.63, 3.8) is 0 Å². The van der Waals surface area contributed by atoms with Crippen LogP contribution in [-0.2, 0) is 0 Å². The normalized spacial score (nSPS) is 11.9. The largest absolute Gasteiger partial charge is 0.245 e. The molecule has 0 aliphatic heterocycles. The van der Waals surface area contributed by atoms with Gasteiger partial charge in [-0.25, -0.2) is 9.97 Å². The Morgan fingerprint density at radius 3 is 1.81 bits per heavy atom. The molecule has 1 aromatic heterocycles. The van der Waals surface area contributed by atoms with E-state index in [0.29, 0.717) is 0 Å². The van der Waals surface area contributed by atoms with Gasteiger partial charge in [0.25, 0.3) is 0 Å². The summed E-state index contributed by atoms with van der Waals surface area (Å²) in [6.45, 7) is 0. The molecule has 0 amide bonds. The minimum Gasteiger partial charge on any atom is -0.245 e. The third-order valence-electron chi connectivity index (χ3n) is 7.37. The van der Waals surface area contributed by atoms with Gasteiger partial charge in [0.15, 0.2) is 0 Å². The van der Waals surface area contributed by atoms with Crippen LogP contribution in [-0.4, -0.2) is 9.97 Å². The lowest BCUT2D eigenvalue weighted by Gasteiger charge is -2.15. The molecule has 0 fully saturated rings. The zero-order chi connectivity index (χ0) is 23.6. The number of para-hydroxylation sites is 2.